The summed E-state index contributed by atoms with van der Waals surface area (Å²) in [5.41, 5.74) is 5.06. The normalized spacial score (nSPS) is 19.4. The number of rotatable bonds is 2. The molecule has 0 unspecified atom stereocenters. The summed E-state index contributed by atoms with van der Waals surface area (Å²) in [7, 11) is 1.96. The number of fused-ring (bicyclic) bond motifs is 1. The minimum Gasteiger partial charge on any atom is -0.488 e. The van der Waals surface area contributed by atoms with Crippen LogP contribution in [-0.4, -0.2) is 33.7 Å². The fourth-order valence-electron chi connectivity index (χ4n) is 4.01. The largest absolute Gasteiger partial charge is 0.488 e. The van der Waals surface area contributed by atoms with Crippen LogP contribution in [0.25, 0.3) is 6.08 Å². The van der Waals surface area contributed by atoms with Crippen molar-refractivity contribution in [2.45, 2.75) is 32.7 Å². The van der Waals surface area contributed by atoms with Crippen molar-refractivity contribution < 1.29 is 9.53 Å². The zero-order valence-corrected chi connectivity index (χ0v) is 15.0. The lowest BCUT2D eigenvalue weighted by Crippen LogP contribution is -2.34. The van der Waals surface area contributed by atoms with Gasteiger partial charge in [0.05, 0.1) is 17.3 Å². The highest BCUT2D eigenvalue weighted by atomic mass is 16.5. The number of hydrogen-bond acceptors (Lipinski definition) is 3. The number of amides is 1. The van der Waals surface area contributed by atoms with Crippen molar-refractivity contribution in [3.05, 3.63) is 52.4 Å². The molecule has 3 heterocycles. The number of aryl methyl sites for hydroxylation is 2. The van der Waals surface area contributed by atoms with Gasteiger partial charge in [-0.2, -0.15) is 5.10 Å². The maximum Gasteiger partial charge on any atom is 0.253 e. The summed E-state index contributed by atoms with van der Waals surface area (Å²) in [6.45, 7) is 5.23. The maximum atomic E-state index is 13.2. The van der Waals surface area contributed by atoms with E-state index in [0.29, 0.717) is 6.61 Å². The van der Waals surface area contributed by atoms with Crippen molar-refractivity contribution in [1.29, 1.82) is 0 Å². The second kappa shape index (κ2) is 6.06. The van der Waals surface area contributed by atoms with Crippen LogP contribution in [0.15, 0.2) is 29.8 Å². The van der Waals surface area contributed by atoms with E-state index in [1.54, 1.807) is 0 Å². The lowest BCUT2D eigenvalue weighted by Gasteiger charge is -2.28. The van der Waals surface area contributed by atoms with Gasteiger partial charge < -0.3 is 9.64 Å². The van der Waals surface area contributed by atoms with Crippen LogP contribution in [-0.2, 0) is 11.8 Å². The third kappa shape index (κ3) is 2.64. The van der Waals surface area contributed by atoms with Gasteiger partial charge in [0, 0.05) is 30.4 Å². The van der Waals surface area contributed by atoms with Gasteiger partial charge in [-0.25, -0.2) is 0 Å². The van der Waals surface area contributed by atoms with Gasteiger partial charge >= 0.3 is 0 Å². The van der Waals surface area contributed by atoms with Gasteiger partial charge in [0.25, 0.3) is 5.91 Å². The SMILES string of the molecule is Cc1nn(C)c(C)c1[C@@H]1CCCN1C(=O)C1=Cc2ccccc2OC1. The molecule has 2 aliphatic rings. The first-order chi connectivity index (χ1) is 12.1. The lowest BCUT2D eigenvalue weighted by atomic mass is 10.0. The van der Waals surface area contributed by atoms with Gasteiger partial charge in [-0.15, -0.1) is 0 Å². The Labute approximate surface area is 147 Å². The van der Waals surface area contributed by atoms with Crippen LogP contribution in [0.2, 0.25) is 0 Å². The fourth-order valence-corrected chi connectivity index (χ4v) is 4.01. The number of hydrogen-bond donors (Lipinski definition) is 0. The van der Waals surface area contributed by atoms with Crippen molar-refractivity contribution in [2.24, 2.45) is 7.05 Å². The minimum absolute atomic E-state index is 0.0830. The molecule has 4 rings (SSSR count). The molecular weight excluding hydrogens is 314 g/mol. The Kier molecular flexibility index (Phi) is 3.86. The smallest absolute Gasteiger partial charge is 0.253 e. The monoisotopic (exact) mass is 337 g/mol. The summed E-state index contributed by atoms with van der Waals surface area (Å²) in [5, 5.41) is 4.53. The standard InChI is InChI=1S/C20H23N3O2/c1-13-19(14(2)22(3)21-13)17-8-6-10-23(17)20(24)16-11-15-7-4-5-9-18(15)25-12-16/h4-5,7,9,11,17H,6,8,10,12H2,1-3H3/t17-/m0/s1. The van der Waals surface area contributed by atoms with Crippen molar-refractivity contribution in [1.82, 2.24) is 14.7 Å². The molecule has 1 amide bonds. The summed E-state index contributed by atoms with van der Waals surface area (Å²) in [6, 6.07) is 7.95. The molecule has 0 bridgehead atoms. The number of nitrogens with zero attached hydrogens (tertiary/aromatic N) is 3. The molecule has 0 N–H and O–H groups in total. The molecule has 5 nitrogen and oxygen atoms in total. The average Bonchev–Trinajstić information content (AvgIpc) is 3.18. The Morgan fingerprint density at radius 2 is 2.08 bits per heavy atom. The number of likely N-dealkylation sites (tertiary alicyclic amines) is 1. The van der Waals surface area contributed by atoms with Gasteiger partial charge in [0.15, 0.2) is 0 Å². The predicted molar refractivity (Wildman–Crippen MR) is 96.3 cm³/mol. The van der Waals surface area contributed by atoms with Crippen molar-refractivity contribution in [3.8, 4) is 5.75 Å². The summed E-state index contributed by atoms with van der Waals surface area (Å²) in [6.07, 6.45) is 3.98. The molecule has 0 radical (unpaired) electrons. The number of carbonyl (C=O) groups is 1. The number of carbonyl (C=O) groups excluding carboxylic acids is 1. The summed E-state index contributed by atoms with van der Waals surface area (Å²) in [5.74, 6) is 0.927. The Balaban J connectivity index is 1.65. The van der Waals surface area contributed by atoms with E-state index in [4.69, 9.17) is 4.74 Å². The van der Waals surface area contributed by atoms with Gasteiger partial charge in [-0.1, -0.05) is 18.2 Å². The molecule has 0 spiro atoms. The molecule has 2 aliphatic heterocycles. The first kappa shape index (κ1) is 15.9. The highest BCUT2D eigenvalue weighted by Gasteiger charge is 2.35. The molecule has 0 saturated carbocycles. The quantitative estimate of drug-likeness (QED) is 0.846. The van der Waals surface area contributed by atoms with E-state index in [1.165, 1.54) is 5.56 Å². The molecule has 25 heavy (non-hydrogen) atoms. The Hall–Kier alpha value is -2.56. The first-order valence-electron chi connectivity index (χ1n) is 8.79. The molecule has 1 aromatic heterocycles. The molecule has 5 heteroatoms. The van der Waals surface area contributed by atoms with Crippen LogP contribution >= 0.6 is 0 Å². The second-order valence-electron chi connectivity index (χ2n) is 6.86. The Morgan fingerprint density at radius 1 is 1.28 bits per heavy atom. The number of aromatic nitrogens is 2. The van der Waals surface area contributed by atoms with Gasteiger partial charge in [0.1, 0.15) is 12.4 Å². The molecule has 1 fully saturated rings. The van der Waals surface area contributed by atoms with E-state index < -0.39 is 0 Å². The van der Waals surface area contributed by atoms with E-state index in [0.717, 1.165) is 47.7 Å². The summed E-state index contributed by atoms with van der Waals surface area (Å²) in [4.78, 5) is 15.2. The van der Waals surface area contributed by atoms with Crippen molar-refractivity contribution >= 4 is 12.0 Å². The van der Waals surface area contributed by atoms with E-state index >= 15 is 0 Å². The molecular formula is C20H23N3O2. The van der Waals surface area contributed by atoms with Crippen LogP contribution in [0, 0.1) is 13.8 Å². The van der Waals surface area contributed by atoms with Crippen LogP contribution < -0.4 is 4.74 Å². The van der Waals surface area contributed by atoms with Gasteiger partial charge in [-0.3, -0.25) is 9.48 Å². The maximum absolute atomic E-state index is 13.2. The van der Waals surface area contributed by atoms with E-state index in [-0.39, 0.29) is 11.9 Å². The second-order valence-corrected chi connectivity index (χ2v) is 6.86. The molecule has 1 saturated heterocycles. The van der Waals surface area contributed by atoms with Crippen LogP contribution in [0.3, 0.4) is 0 Å². The fraction of sp³-hybridized carbons (Fsp3) is 0.400. The minimum atomic E-state index is 0.0830. The Bertz CT molecular complexity index is 866. The lowest BCUT2D eigenvalue weighted by molar-refractivity contribution is -0.128. The van der Waals surface area contributed by atoms with Crippen LogP contribution in [0.4, 0.5) is 0 Å². The molecule has 2 aromatic rings. The summed E-state index contributed by atoms with van der Waals surface area (Å²) >= 11 is 0. The molecule has 130 valence electrons. The van der Waals surface area contributed by atoms with E-state index in [9.17, 15) is 4.79 Å². The highest BCUT2D eigenvalue weighted by molar-refractivity contribution is 5.99. The molecule has 0 aliphatic carbocycles. The topological polar surface area (TPSA) is 47.4 Å². The first-order valence-corrected chi connectivity index (χ1v) is 8.79. The van der Waals surface area contributed by atoms with Crippen LogP contribution in [0.1, 0.15) is 41.4 Å². The van der Waals surface area contributed by atoms with Crippen LogP contribution in [0.5, 0.6) is 5.75 Å². The zero-order chi connectivity index (χ0) is 17.6. The molecule has 1 aromatic carbocycles. The Morgan fingerprint density at radius 3 is 2.84 bits per heavy atom. The van der Waals surface area contributed by atoms with E-state index in [1.807, 2.05) is 53.9 Å². The van der Waals surface area contributed by atoms with Crippen molar-refractivity contribution in [2.75, 3.05) is 13.2 Å². The summed E-state index contributed by atoms with van der Waals surface area (Å²) < 4.78 is 7.68. The third-order valence-electron chi connectivity index (χ3n) is 5.32. The van der Waals surface area contributed by atoms with Gasteiger partial charge in [0.2, 0.25) is 0 Å². The third-order valence-corrected chi connectivity index (χ3v) is 5.32. The number of ether oxygens (including phenoxy) is 1. The van der Waals surface area contributed by atoms with Gasteiger partial charge in [-0.05, 0) is 38.8 Å². The average molecular weight is 337 g/mol. The zero-order valence-electron chi connectivity index (χ0n) is 15.0. The number of para-hydroxylation sites is 1. The highest BCUT2D eigenvalue weighted by Crippen LogP contribution is 2.37. The van der Waals surface area contributed by atoms with Crippen molar-refractivity contribution in [3.63, 3.8) is 0 Å². The van der Waals surface area contributed by atoms with E-state index in [2.05, 4.69) is 12.0 Å². The number of benzene rings is 1. The predicted octanol–water partition coefficient (Wildman–Crippen LogP) is 3.18. The molecule has 1 atom stereocenters.